The summed E-state index contributed by atoms with van der Waals surface area (Å²) < 4.78 is 16.0. The van der Waals surface area contributed by atoms with Crippen molar-refractivity contribution in [1.29, 1.82) is 0 Å². The van der Waals surface area contributed by atoms with Gasteiger partial charge in [0.25, 0.3) is 0 Å². The Hall–Kier alpha value is -1.92. The maximum Gasteiger partial charge on any atom is 0.227 e. The molecule has 2 atom stereocenters. The van der Waals surface area contributed by atoms with Crippen molar-refractivity contribution in [2.24, 2.45) is 5.92 Å². The van der Waals surface area contributed by atoms with E-state index < -0.39 is 5.82 Å². The quantitative estimate of drug-likeness (QED) is 0.875. The highest BCUT2D eigenvalue weighted by molar-refractivity contribution is 5.92. The van der Waals surface area contributed by atoms with E-state index in [1.807, 2.05) is 19.9 Å². The van der Waals surface area contributed by atoms with E-state index in [0.717, 1.165) is 30.8 Å². The number of benzene rings is 1. The minimum Gasteiger partial charge on any atom is -0.326 e. The predicted octanol–water partition coefficient (Wildman–Crippen LogP) is 3.38. The molecular weight excluding hydrogens is 343 g/mol. The Bertz CT molecular complexity index is 762. The van der Waals surface area contributed by atoms with Gasteiger partial charge in [-0.05, 0) is 64.4 Å². The standard InChI is InChI=1S/C18H23FN4O.ClH/c1-11-9-14(6-7-20-11)18(24)21-15-4-5-17(16(19)10-15)23-13(3)8-12(2)22-23;/h4-5,8,10-11,14,20H,6-7,9H2,1-3H3,(H,21,24);1H/t11-,14-;/m0./s1. The summed E-state index contributed by atoms with van der Waals surface area (Å²) in [6.07, 6.45) is 1.61. The third-order valence-corrected chi connectivity index (χ3v) is 4.45. The molecule has 0 bridgehead atoms. The second-order valence-electron chi connectivity index (χ2n) is 6.57. The van der Waals surface area contributed by atoms with Crippen LogP contribution in [0.1, 0.15) is 31.2 Å². The van der Waals surface area contributed by atoms with Crippen molar-refractivity contribution in [2.45, 2.75) is 39.7 Å². The first-order valence-corrected chi connectivity index (χ1v) is 8.31. The SMILES string of the molecule is Cc1cc(C)n(-c2ccc(NC(=O)[C@H]3CCN[C@@H](C)C3)cc2F)n1.Cl. The minimum absolute atomic E-state index is 0. The monoisotopic (exact) mass is 366 g/mol. The van der Waals surface area contributed by atoms with Crippen molar-refractivity contribution >= 4 is 24.0 Å². The summed E-state index contributed by atoms with van der Waals surface area (Å²) in [5.74, 6) is -0.473. The zero-order valence-electron chi connectivity index (χ0n) is 14.7. The van der Waals surface area contributed by atoms with Gasteiger partial charge in [-0.1, -0.05) is 0 Å². The van der Waals surface area contributed by atoms with Gasteiger partial charge in [0.05, 0.1) is 5.69 Å². The number of carbonyl (C=O) groups excluding carboxylic acids is 1. The van der Waals surface area contributed by atoms with E-state index >= 15 is 0 Å². The lowest BCUT2D eigenvalue weighted by atomic mass is 9.92. The molecule has 2 N–H and O–H groups in total. The topological polar surface area (TPSA) is 59.0 Å². The maximum atomic E-state index is 14.5. The van der Waals surface area contributed by atoms with Gasteiger partial charge in [0.2, 0.25) is 5.91 Å². The molecule has 0 aliphatic carbocycles. The highest BCUT2D eigenvalue weighted by atomic mass is 35.5. The summed E-state index contributed by atoms with van der Waals surface area (Å²) in [6, 6.07) is 6.95. The van der Waals surface area contributed by atoms with Crippen LogP contribution in [-0.2, 0) is 4.79 Å². The Kier molecular flexibility index (Phi) is 6.19. The summed E-state index contributed by atoms with van der Waals surface area (Å²) in [6.45, 7) is 6.66. The van der Waals surface area contributed by atoms with E-state index in [9.17, 15) is 9.18 Å². The van der Waals surface area contributed by atoms with Crippen molar-refractivity contribution in [3.05, 3.63) is 41.5 Å². The third kappa shape index (κ3) is 4.38. The number of carbonyl (C=O) groups is 1. The zero-order chi connectivity index (χ0) is 17.3. The Labute approximate surface area is 153 Å². The summed E-state index contributed by atoms with van der Waals surface area (Å²) >= 11 is 0. The highest BCUT2D eigenvalue weighted by Gasteiger charge is 2.24. The normalized spacial score (nSPS) is 20.0. The second-order valence-corrected chi connectivity index (χ2v) is 6.57. The van der Waals surface area contributed by atoms with E-state index in [4.69, 9.17) is 0 Å². The van der Waals surface area contributed by atoms with Crippen LogP contribution in [0.5, 0.6) is 0 Å². The minimum atomic E-state index is -0.405. The lowest BCUT2D eigenvalue weighted by Gasteiger charge is -2.27. The Morgan fingerprint density at radius 3 is 2.72 bits per heavy atom. The van der Waals surface area contributed by atoms with Gasteiger partial charge in [-0.25, -0.2) is 9.07 Å². The molecule has 1 aliphatic heterocycles. The molecule has 1 amide bonds. The van der Waals surface area contributed by atoms with E-state index in [1.54, 1.807) is 16.8 Å². The molecule has 25 heavy (non-hydrogen) atoms. The predicted molar refractivity (Wildman–Crippen MR) is 99.1 cm³/mol. The summed E-state index contributed by atoms with van der Waals surface area (Å²) in [5, 5.41) is 10.5. The van der Waals surface area contributed by atoms with Crippen LogP contribution in [0.25, 0.3) is 5.69 Å². The number of aryl methyl sites for hydroxylation is 2. The van der Waals surface area contributed by atoms with E-state index in [-0.39, 0.29) is 24.2 Å². The fraction of sp³-hybridized carbons (Fsp3) is 0.444. The lowest BCUT2D eigenvalue weighted by molar-refractivity contribution is -0.120. The first-order valence-electron chi connectivity index (χ1n) is 8.31. The van der Waals surface area contributed by atoms with Gasteiger partial charge in [0.1, 0.15) is 5.69 Å². The van der Waals surface area contributed by atoms with E-state index in [1.165, 1.54) is 6.07 Å². The van der Waals surface area contributed by atoms with Crippen molar-refractivity contribution < 1.29 is 9.18 Å². The number of piperidine rings is 1. The molecule has 2 heterocycles. The molecule has 5 nitrogen and oxygen atoms in total. The number of nitrogens with zero attached hydrogens (tertiary/aromatic N) is 2. The maximum absolute atomic E-state index is 14.5. The molecule has 136 valence electrons. The molecule has 1 saturated heterocycles. The Morgan fingerprint density at radius 2 is 2.12 bits per heavy atom. The number of amides is 1. The van der Waals surface area contributed by atoms with Crippen molar-refractivity contribution in [3.63, 3.8) is 0 Å². The van der Waals surface area contributed by atoms with Gasteiger partial charge in [-0.2, -0.15) is 5.10 Å². The molecule has 7 heteroatoms. The van der Waals surface area contributed by atoms with Crippen LogP contribution in [0.15, 0.2) is 24.3 Å². The number of halogens is 2. The number of hydrogen-bond acceptors (Lipinski definition) is 3. The van der Waals surface area contributed by atoms with Gasteiger partial charge in [-0.3, -0.25) is 4.79 Å². The van der Waals surface area contributed by atoms with E-state index in [2.05, 4.69) is 22.7 Å². The van der Waals surface area contributed by atoms with Crippen molar-refractivity contribution in [3.8, 4) is 5.69 Å². The largest absolute Gasteiger partial charge is 0.326 e. The summed E-state index contributed by atoms with van der Waals surface area (Å²) in [5.41, 5.74) is 2.57. The third-order valence-electron chi connectivity index (χ3n) is 4.45. The molecule has 1 aromatic heterocycles. The number of rotatable bonds is 3. The van der Waals surface area contributed by atoms with Crippen LogP contribution in [-0.4, -0.2) is 28.3 Å². The van der Waals surface area contributed by atoms with Crippen LogP contribution in [0, 0.1) is 25.6 Å². The number of nitrogens with one attached hydrogen (secondary N) is 2. The van der Waals surface area contributed by atoms with Crippen LogP contribution in [0.4, 0.5) is 10.1 Å². The summed E-state index contributed by atoms with van der Waals surface area (Å²) in [7, 11) is 0. The highest BCUT2D eigenvalue weighted by Crippen LogP contribution is 2.22. The average molecular weight is 367 g/mol. The first kappa shape index (κ1) is 19.4. The molecular formula is C18H24ClFN4O. The zero-order valence-corrected chi connectivity index (χ0v) is 15.5. The van der Waals surface area contributed by atoms with Crippen molar-refractivity contribution in [1.82, 2.24) is 15.1 Å². The lowest BCUT2D eigenvalue weighted by Crippen LogP contribution is -2.40. The first-order chi connectivity index (χ1) is 11.4. The van der Waals surface area contributed by atoms with Crippen LogP contribution in [0.3, 0.4) is 0 Å². The number of aromatic nitrogens is 2. The van der Waals surface area contributed by atoms with Crippen LogP contribution >= 0.6 is 12.4 Å². The van der Waals surface area contributed by atoms with E-state index in [0.29, 0.717) is 17.4 Å². The number of hydrogen-bond donors (Lipinski definition) is 2. The van der Waals surface area contributed by atoms with Crippen LogP contribution < -0.4 is 10.6 Å². The van der Waals surface area contributed by atoms with Crippen molar-refractivity contribution in [2.75, 3.05) is 11.9 Å². The molecule has 3 rings (SSSR count). The molecule has 0 unspecified atom stereocenters. The molecule has 1 aliphatic rings. The van der Waals surface area contributed by atoms with Gasteiger partial charge in [0.15, 0.2) is 5.82 Å². The van der Waals surface area contributed by atoms with Gasteiger partial charge in [0, 0.05) is 23.3 Å². The fourth-order valence-corrected chi connectivity index (χ4v) is 3.24. The average Bonchev–Trinajstić information content (AvgIpc) is 2.86. The van der Waals surface area contributed by atoms with Gasteiger partial charge < -0.3 is 10.6 Å². The molecule has 1 fully saturated rings. The summed E-state index contributed by atoms with van der Waals surface area (Å²) in [4.78, 5) is 12.4. The van der Waals surface area contributed by atoms with Gasteiger partial charge in [-0.15, -0.1) is 12.4 Å². The fourth-order valence-electron chi connectivity index (χ4n) is 3.24. The Morgan fingerprint density at radius 1 is 1.36 bits per heavy atom. The van der Waals surface area contributed by atoms with Gasteiger partial charge >= 0.3 is 0 Å². The number of anilines is 1. The smallest absolute Gasteiger partial charge is 0.227 e. The second kappa shape index (κ2) is 7.97. The van der Waals surface area contributed by atoms with Crippen LogP contribution in [0.2, 0.25) is 0 Å². The molecule has 0 saturated carbocycles. The molecule has 1 aromatic carbocycles. The Balaban J connectivity index is 0.00000225. The molecule has 0 spiro atoms. The molecule has 0 radical (unpaired) electrons. The molecule has 2 aromatic rings.